The molecule has 0 N–H and O–H groups in total. The Labute approximate surface area is 225 Å². The van der Waals surface area contributed by atoms with E-state index in [2.05, 4.69) is 128 Å². The average molecular weight is 501 g/mol. The Balaban J connectivity index is 1.12. The molecule has 0 bridgehead atoms. The molecular formula is C35H24N4. The van der Waals surface area contributed by atoms with Gasteiger partial charge in [0.25, 0.3) is 0 Å². The highest BCUT2D eigenvalue weighted by Crippen LogP contribution is 2.33. The number of benzene rings is 4. The predicted octanol–water partition coefficient (Wildman–Crippen LogP) is 8.26. The minimum Gasteiger partial charge on any atom is -0.309 e. The largest absolute Gasteiger partial charge is 0.309 e. The highest BCUT2D eigenvalue weighted by molar-refractivity contribution is 6.09. The van der Waals surface area contributed by atoms with Gasteiger partial charge in [-0.05, 0) is 66.1 Å². The molecule has 4 aromatic carbocycles. The maximum absolute atomic E-state index is 4.34. The molecular weight excluding hydrogens is 476 g/mol. The lowest BCUT2D eigenvalue weighted by atomic mass is 10.0. The van der Waals surface area contributed by atoms with E-state index in [9.17, 15) is 0 Å². The molecule has 0 saturated carbocycles. The van der Waals surface area contributed by atoms with E-state index < -0.39 is 0 Å². The summed E-state index contributed by atoms with van der Waals surface area (Å²) in [4.78, 5) is 8.68. The van der Waals surface area contributed by atoms with Crippen LogP contribution in [0.25, 0.3) is 55.0 Å². The van der Waals surface area contributed by atoms with Crippen molar-refractivity contribution in [3.63, 3.8) is 0 Å². The highest BCUT2D eigenvalue weighted by Gasteiger charge is 2.13. The van der Waals surface area contributed by atoms with Gasteiger partial charge in [-0.1, -0.05) is 60.7 Å². The third-order valence-corrected chi connectivity index (χ3v) is 7.75. The molecule has 4 heterocycles. The van der Waals surface area contributed by atoms with E-state index in [1.165, 1.54) is 38.6 Å². The summed E-state index contributed by atoms with van der Waals surface area (Å²) in [5.41, 5.74) is 9.65. The van der Waals surface area contributed by atoms with Crippen molar-refractivity contribution in [2.24, 2.45) is 0 Å². The van der Waals surface area contributed by atoms with Gasteiger partial charge in [0.2, 0.25) is 0 Å². The van der Waals surface area contributed by atoms with Crippen molar-refractivity contribution in [2.75, 3.05) is 0 Å². The number of aromatic nitrogens is 4. The van der Waals surface area contributed by atoms with E-state index in [1.807, 2.05) is 24.8 Å². The lowest BCUT2D eigenvalue weighted by Gasteiger charge is -2.11. The lowest BCUT2D eigenvalue weighted by molar-refractivity contribution is 1.13. The molecule has 39 heavy (non-hydrogen) atoms. The maximum Gasteiger partial charge on any atom is 0.0572 e. The zero-order valence-corrected chi connectivity index (χ0v) is 21.2. The minimum atomic E-state index is 0.884. The summed E-state index contributed by atoms with van der Waals surface area (Å²) in [6.45, 7) is 0. The Kier molecular flexibility index (Phi) is 4.85. The zero-order valence-electron chi connectivity index (χ0n) is 21.2. The standard InChI is InChI=1S/C35H24N4/c1-3-7-32-28(5-1)29-6-2-4-8-33(29)38(32)26-13-9-24(10-14-26)21-25-11-15-27(16-12-25)39-34-17-19-36-22-30(34)31-23-37-20-18-35(31)39/h1-20,22-23H,21H2. The number of hydrogen-bond donors (Lipinski definition) is 0. The van der Waals surface area contributed by atoms with Gasteiger partial charge in [0.1, 0.15) is 0 Å². The molecule has 0 atom stereocenters. The van der Waals surface area contributed by atoms with Crippen LogP contribution in [-0.4, -0.2) is 19.1 Å². The molecule has 8 rings (SSSR count). The van der Waals surface area contributed by atoms with Gasteiger partial charge in [-0.25, -0.2) is 0 Å². The van der Waals surface area contributed by atoms with Crippen LogP contribution in [0.1, 0.15) is 11.1 Å². The van der Waals surface area contributed by atoms with Crippen molar-refractivity contribution in [1.82, 2.24) is 19.1 Å². The van der Waals surface area contributed by atoms with Crippen LogP contribution in [0.2, 0.25) is 0 Å². The molecule has 184 valence electrons. The molecule has 0 aliphatic heterocycles. The molecule has 8 aromatic rings. The molecule has 0 radical (unpaired) electrons. The van der Waals surface area contributed by atoms with Crippen molar-refractivity contribution in [2.45, 2.75) is 6.42 Å². The van der Waals surface area contributed by atoms with Crippen LogP contribution in [0.5, 0.6) is 0 Å². The quantitative estimate of drug-likeness (QED) is 0.244. The number of para-hydroxylation sites is 2. The van der Waals surface area contributed by atoms with Crippen molar-refractivity contribution < 1.29 is 0 Å². The van der Waals surface area contributed by atoms with Gasteiger partial charge in [0.05, 0.1) is 22.1 Å². The van der Waals surface area contributed by atoms with Crippen LogP contribution in [0.15, 0.2) is 134 Å². The second-order valence-corrected chi connectivity index (χ2v) is 10.0. The average Bonchev–Trinajstić information content (AvgIpc) is 3.51. The van der Waals surface area contributed by atoms with E-state index in [0.29, 0.717) is 0 Å². The molecule has 0 aliphatic carbocycles. The fraction of sp³-hybridized carbons (Fsp3) is 0.0286. The summed E-state index contributed by atoms with van der Waals surface area (Å²) in [6.07, 6.45) is 8.43. The second kappa shape index (κ2) is 8.67. The maximum atomic E-state index is 4.34. The topological polar surface area (TPSA) is 35.6 Å². The minimum absolute atomic E-state index is 0.884. The Morgan fingerprint density at radius 2 is 0.821 bits per heavy atom. The summed E-state index contributed by atoms with van der Waals surface area (Å²) in [7, 11) is 0. The van der Waals surface area contributed by atoms with Gasteiger partial charge in [-0.15, -0.1) is 0 Å². The van der Waals surface area contributed by atoms with Gasteiger partial charge >= 0.3 is 0 Å². The third-order valence-electron chi connectivity index (χ3n) is 7.75. The number of nitrogens with zero attached hydrogens (tertiary/aromatic N) is 4. The van der Waals surface area contributed by atoms with E-state index in [-0.39, 0.29) is 0 Å². The Hall–Kier alpha value is -5.22. The first kappa shape index (κ1) is 21.8. The molecule has 4 aromatic heterocycles. The Morgan fingerprint density at radius 3 is 1.28 bits per heavy atom. The fourth-order valence-electron chi connectivity index (χ4n) is 5.95. The van der Waals surface area contributed by atoms with Crippen molar-refractivity contribution in [3.05, 3.63) is 145 Å². The summed E-state index contributed by atoms with van der Waals surface area (Å²) in [5, 5.41) is 4.81. The normalized spacial score (nSPS) is 11.7. The van der Waals surface area contributed by atoms with E-state index in [0.717, 1.165) is 33.9 Å². The molecule has 4 nitrogen and oxygen atoms in total. The van der Waals surface area contributed by atoms with Crippen LogP contribution >= 0.6 is 0 Å². The van der Waals surface area contributed by atoms with Crippen LogP contribution in [-0.2, 0) is 6.42 Å². The zero-order chi connectivity index (χ0) is 25.8. The number of hydrogen-bond acceptors (Lipinski definition) is 2. The molecule has 4 heteroatoms. The highest BCUT2D eigenvalue weighted by atomic mass is 15.0. The Bertz CT molecular complexity index is 1870. The molecule has 0 saturated heterocycles. The number of fused-ring (bicyclic) bond motifs is 6. The van der Waals surface area contributed by atoms with Gasteiger partial charge in [0.15, 0.2) is 0 Å². The van der Waals surface area contributed by atoms with Crippen molar-refractivity contribution in [1.29, 1.82) is 0 Å². The molecule has 0 unspecified atom stereocenters. The molecule has 0 aliphatic rings. The SMILES string of the molecule is c1ccc2c(c1)c1ccccc1n2-c1ccc(Cc2ccc(-n3c4ccncc4c4cnccc43)cc2)cc1. The summed E-state index contributed by atoms with van der Waals surface area (Å²) < 4.78 is 4.65. The summed E-state index contributed by atoms with van der Waals surface area (Å²) >= 11 is 0. The predicted molar refractivity (Wildman–Crippen MR) is 160 cm³/mol. The first-order valence-electron chi connectivity index (χ1n) is 13.2. The fourth-order valence-corrected chi connectivity index (χ4v) is 5.95. The van der Waals surface area contributed by atoms with Crippen LogP contribution in [0.3, 0.4) is 0 Å². The second-order valence-electron chi connectivity index (χ2n) is 10.0. The van der Waals surface area contributed by atoms with Gasteiger partial charge in [-0.3, -0.25) is 9.97 Å². The van der Waals surface area contributed by atoms with Crippen molar-refractivity contribution in [3.8, 4) is 11.4 Å². The van der Waals surface area contributed by atoms with Crippen LogP contribution < -0.4 is 0 Å². The number of pyridine rings is 2. The van der Waals surface area contributed by atoms with E-state index in [1.54, 1.807) is 0 Å². The van der Waals surface area contributed by atoms with E-state index in [4.69, 9.17) is 0 Å². The molecule has 0 spiro atoms. The number of rotatable bonds is 4. The summed E-state index contributed by atoms with van der Waals surface area (Å²) in [5.74, 6) is 0. The lowest BCUT2D eigenvalue weighted by Crippen LogP contribution is -1.96. The first-order valence-corrected chi connectivity index (χ1v) is 13.2. The van der Waals surface area contributed by atoms with E-state index >= 15 is 0 Å². The van der Waals surface area contributed by atoms with Crippen LogP contribution in [0.4, 0.5) is 0 Å². The molecule has 0 amide bonds. The van der Waals surface area contributed by atoms with Crippen molar-refractivity contribution >= 4 is 43.6 Å². The first-order chi connectivity index (χ1) is 19.3. The van der Waals surface area contributed by atoms with Gasteiger partial charge < -0.3 is 9.13 Å². The smallest absolute Gasteiger partial charge is 0.0572 e. The van der Waals surface area contributed by atoms with Gasteiger partial charge in [0, 0.05) is 57.7 Å². The van der Waals surface area contributed by atoms with Gasteiger partial charge in [-0.2, -0.15) is 0 Å². The summed E-state index contributed by atoms with van der Waals surface area (Å²) in [6, 6.07) is 39.3. The monoisotopic (exact) mass is 500 g/mol. The Morgan fingerprint density at radius 1 is 0.410 bits per heavy atom. The molecule has 0 fully saturated rings. The third kappa shape index (κ3) is 3.46. The van der Waals surface area contributed by atoms with Crippen LogP contribution in [0, 0.1) is 0 Å².